The SMILES string of the molecule is C=C([C]=O)C(=O)c1cc(F)c(F)cc1F. The zero-order chi connectivity index (χ0) is 11.6. The standard InChI is InChI=1S/C10H4F3O2/c1-5(4-14)10(15)6-2-8(12)9(13)3-7(6)11/h2-3H,1H2. The molecule has 0 bridgehead atoms. The zero-order valence-electron chi connectivity index (χ0n) is 7.31. The van der Waals surface area contributed by atoms with Crippen molar-refractivity contribution in [3.63, 3.8) is 0 Å². The van der Waals surface area contributed by atoms with Gasteiger partial charge in [0.15, 0.2) is 17.4 Å². The molecule has 0 aliphatic heterocycles. The molecule has 15 heavy (non-hydrogen) atoms. The lowest BCUT2D eigenvalue weighted by atomic mass is 10.0. The smallest absolute Gasteiger partial charge is 0.236 e. The number of ketones is 1. The van der Waals surface area contributed by atoms with Crippen LogP contribution in [0.25, 0.3) is 0 Å². The molecule has 0 spiro atoms. The van der Waals surface area contributed by atoms with Gasteiger partial charge in [-0.05, 0) is 6.07 Å². The van der Waals surface area contributed by atoms with Gasteiger partial charge in [-0.1, -0.05) is 6.58 Å². The lowest BCUT2D eigenvalue weighted by molar-refractivity contribution is 0.103. The number of rotatable bonds is 3. The van der Waals surface area contributed by atoms with Crippen molar-refractivity contribution in [2.45, 2.75) is 0 Å². The molecule has 0 N–H and O–H groups in total. The van der Waals surface area contributed by atoms with Crippen LogP contribution in [-0.2, 0) is 4.79 Å². The number of hydrogen-bond acceptors (Lipinski definition) is 2. The molecule has 0 atom stereocenters. The maximum atomic E-state index is 13.0. The fraction of sp³-hybridized carbons (Fsp3) is 0. The van der Waals surface area contributed by atoms with Crippen molar-refractivity contribution in [1.29, 1.82) is 0 Å². The molecule has 0 saturated carbocycles. The molecule has 0 unspecified atom stereocenters. The second-order valence-corrected chi connectivity index (χ2v) is 2.66. The summed E-state index contributed by atoms with van der Waals surface area (Å²) in [5.74, 6) is -5.17. The van der Waals surface area contributed by atoms with Crippen LogP contribution in [0, 0.1) is 17.5 Å². The van der Waals surface area contributed by atoms with Gasteiger partial charge in [-0.3, -0.25) is 9.59 Å². The van der Waals surface area contributed by atoms with Gasteiger partial charge < -0.3 is 0 Å². The summed E-state index contributed by atoms with van der Waals surface area (Å²) in [6.45, 7) is 2.99. The number of benzene rings is 1. The monoisotopic (exact) mass is 213 g/mol. The minimum atomic E-state index is -1.41. The van der Waals surface area contributed by atoms with Gasteiger partial charge in [0.25, 0.3) is 0 Å². The Hall–Kier alpha value is -1.91. The molecule has 0 aromatic heterocycles. The maximum Gasteiger partial charge on any atom is 0.236 e. The van der Waals surface area contributed by atoms with Crippen LogP contribution in [0.15, 0.2) is 24.3 Å². The fourth-order valence-electron chi connectivity index (χ4n) is 0.905. The lowest BCUT2D eigenvalue weighted by Crippen LogP contribution is -2.07. The molecular weight excluding hydrogens is 209 g/mol. The molecule has 77 valence electrons. The summed E-state index contributed by atoms with van der Waals surface area (Å²) in [5, 5.41) is 0. The van der Waals surface area contributed by atoms with Gasteiger partial charge in [-0.2, -0.15) is 0 Å². The van der Waals surface area contributed by atoms with Crippen molar-refractivity contribution in [3.8, 4) is 0 Å². The van der Waals surface area contributed by atoms with Gasteiger partial charge in [-0.25, -0.2) is 13.2 Å². The van der Waals surface area contributed by atoms with E-state index in [1.807, 2.05) is 0 Å². The molecule has 1 aromatic rings. The first-order valence-corrected chi connectivity index (χ1v) is 3.73. The maximum absolute atomic E-state index is 13.0. The van der Waals surface area contributed by atoms with E-state index >= 15 is 0 Å². The molecule has 0 aliphatic rings. The first-order valence-electron chi connectivity index (χ1n) is 3.73. The summed E-state index contributed by atoms with van der Waals surface area (Å²) in [6, 6.07) is 0.593. The van der Waals surface area contributed by atoms with E-state index in [-0.39, 0.29) is 6.07 Å². The summed E-state index contributed by atoms with van der Waals surface area (Å²) in [5.41, 5.74) is -1.40. The predicted molar refractivity (Wildman–Crippen MR) is 45.5 cm³/mol. The van der Waals surface area contributed by atoms with Gasteiger partial charge in [0.1, 0.15) is 5.82 Å². The van der Waals surface area contributed by atoms with E-state index in [1.165, 1.54) is 0 Å². The molecular formula is C10H4F3O2. The second-order valence-electron chi connectivity index (χ2n) is 2.66. The highest BCUT2D eigenvalue weighted by Gasteiger charge is 2.18. The predicted octanol–water partition coefficient (Wildman–Crippen LogP) is 1.95. The first kappa shape index (κ1) is 11.2. The molecule has 2 nitrogen and oxygen atoms in total. The third-order valence-electron chi connectivity index (χ3n) is 1.65. The minimum Gasteiger partial charge on any atom is -0.288 e. The van der Waals surface area contributed by atoms with Crippen LogP contribution in [0.5, 0.6) is 0 Å². The third-order valence-corrected chi connectivity index (χ3v) is 1.65. The van der Waals surface area contributed by atoms with Crippen LogP contribution in [0.3, 0.4) is 0 Å². The molecule has 0 amide bonds. The number of carbonyl (C=O) groups is 1. The summed E-state index contributed by atoms with van der Waals surface area (Å²) in [7, 11) is 0. The lowest BCUT2D eigenvalue weighted by Gasteiger charge is -2.01. The average molecular weight is 213 g/mol. The van der Waals surface area contributed by atoms with E-state index in [2.05, 4.69) is 6.58 Å². The van der Waals surface area contributed by atoms with Crippen molar-refractivity contribution in [1.82, 2.24) is 0 Å². The van der Waals surface area contributed by atoms with Crippen molar-refractivity contribution in [2.75, 3.05) is 0 Å². The van der Waals surface area contributed by atoms with E-state index in [9.17, 15) is 22.8 Å². The summed E-state index contributed by atoms with van der Waals surface area (Å²) < 4.78 is 38.1. The van der Waals surface area contributed by atoms with Crippen LogP contribution >= 0.6 is 0 Å². The van der Waals surface area contributed by atoms with E-state index in [4.69, 9.17) is 0 Å². The minimum absolute atomic E-state index is 0.223. The third kappa shape index (κ3) is 2.12. The normalized spacial score (nSPS) is 9.80. The van der Waals surface area contributed by atoms with Gasteiger partial charge in [-0.15, -0.1) is 0 Å². The number of carbonyl (C=O) groups excluding carboxylic acids is 2. The highest BCUT2D eigenvalue weighted by molar-refractivity contribution is 6.19. The topological polar surface area (TPSA) is 34.1 Å². The molecule has 0 fully saturated rings. The Labute approximate surface area is 83.0 Å². The Balaban J connectivity index is 3.26. The molecule has 5 heteroatoms. The van der Waals surface area contributed by atoms with Crippen LogP contribution in [0.1, 0.15) is 10.4 Å². The number of allylic oxidation sites excluding steroid dienone is 1. The Morgan fingerprint density at radius 3 is 2.20 bits per heavy atom. The van der Waals surface area contributed by atoms with Gasteiger partial charge >= 0.3 is 0 Å². The van der Waals surface area contributed by atoms with Gasteiger partial charge in [0.2, 0.25) is 6.29 Å². The molecule has 0 aliphatic carbocycles. The highest BCUT2D eigenvalue weighted by atomic mass is 19.2. The Kier molecular flexibility index (Phi) is 3.04. The van der Waals surface area contributed by atoms with Crippen molar-refractivity contribution in [3.05, 3.63) is 47.3 Å². The van der Waals surface area contributed by atoms with Crippen LogP contribution in [0.2, 0.25) is 0 Å². The van der Waals surface area contributed by atoms with E-state index in [1.54, 1.807) is 0 Å². The number of halogens is 3. The van der Waals surface area contributed by atoms with Crippen molar-refractivity contribution >= 4 is 12.1 Å². The molecule has 1 rings (SSSR count). The number of hydrogen-bond donors (Lipinski definition) is 0. The van der Waals surface area contributed by atoms with Gasteiger partial charge in [0.05, 0.1) is 11.1 Å². The largest absolute Gasteiger partial charge is 0.288 e. The van der Waals surface area contributed by atoms with Crippen molar-refractivity contribution in [2.24, 2.45) is 0 Å². The molecule has 1 aromatic carbocycles. The first-order chi connectivity index (χ1) is 6.97. The van der Waals surface area contributed by atoms with E-state index in [0.29, 0.717) is 6.07 Å². The summed E-state index contributed by atoms with van der Waals surface area (Å²) in [6.07, 6.45) is 1.15. The molecule has 1 radical (unpaired) electrons. The molecule has 0 heterocycles. The Morgan fingerprint density at radius 2 is 1.67 bits per heavy atom. The fourth-order valence-corrected chi connectivity index (χ4v) is 0.905. The average Bonchev–Trinajstić information content (AvgIpc) is 2.21. The van der Waals surface area contributed by atoms with Crippen LogP contribution in [-0.4, -0.2) is 12.1 Å². The molecule has 0 saturated heterocycles. The Bertz CT molecular complexity index is 452. The van der Waals surface area contributed by atoms with Crippen LogP contribution < -0.4 is 0 Å². The highest BCUT2D eigenvalue weighted by Crippen LogP contribution is 2.16. The van der Waals surface area contributed by atoms with E-state index < -0.39 is 34.4 Å². The van der Waals surface area contributed by atoms with Crippen molar-refractivity contribution < 1.29 is 22.8 Å². The van der Waals surface area contributed by atoms with E-state index in [0.717, 1.165) is 6.29 Å². The number of Topliss-reactive ketones (excluding diaryl/α,β-unsaturated/α-hetero) is 1. The second kappa shape index (κ2) is 4.08. The van der Waals surface area contributed by atoms with Crippen LogP contribution in [0.4, 0.5) is 13.2 Å². The summed E-state index contributed by atoms with van der Waals surface area (Å²) in [4.78, 5) is 21.2. The summed E-state index contributed by atoms with van der Waals surface area (Å²) >= 11 is 0. The Morgan fingerprint density at radius 1 is 1.13 bits per heavy atom. The zero-order valence-corrected chi connectivity index (χ0v) is 7.31. The quantitative estimate of drug-likeness (QED) is 0.253. The van der Waals surface area contributed by atoms with Gasteiger partial charge in [0, 0.05) is 6.07 Å².